The van der Waals surface area contributed by atoms with Crippen molar-refractivity contribution in [3.05, 3.63) is 48.2 Å². The van der Waals surface area contributed by atoms with Gasteiger partial charge in [-0.05, 0) is 38.4 Å². The number of amides is 1. The normalized spacial score (nSPS) is 10.7. The van der Waals surface area contributed by atoms with Crippen LogP contribution < -0.4 is 10.2 Å². The summed E-state index contributed by atoms with van der Waals surface area (Å²) in [7, 11) is 5.90. The number of hydrogen-bond acceptors (Lipinski definition) is 5. The van der Waals surface area contributed by atoms with Crippen LogP contribution in [0.2, 0.25) is 0 Å². The Morgan fingerprint density at radius 3 is 2.48 bits per heavy atom. The summed E-state index contributed by atoms with van der Waals surface area (Å²) in [6, 6.07) is 7.21. The van der Waals surface area contributed by atoms with Crippen LogP contribution >= 0.6 is 0 Å². The highest BCUT2D eigenvalue weighted by atomic mass is 19.1. The lowest BCUT2D eigenvalue weighted by Gasteiger charge is -2.20. The molecule has 7 heteroatoms. The molecule has 6 nitrogen and oxygen atoms in total. The Kier molecular flexibility index (Phi) is 5.59. The van der Waals surface area contributed by atoms with E-state index in [0.29, 0.717) is 11.5 Å². The van der Waals surface area contributed by atoms with Crippen LogP contribution in [0.25, 0.3) is 0 Å². The number of halogens is 1. The van der Waals surface area contributed by atoms with Crippen LogP contribution in [0, 0.1) is 5.82 Å². The van der Waals surface area contributed by atoms with E-state index in [2.05, 4.69) is 20.2 Å². The molecule has 1 aromatic carbocycles. The van der Waals surface area contributed by atoms with E-state index in [4.69, 9.17) is 0 Å². The number of carbonyl (C=O) groups excluding carboxylic acids is 1. The molecule has 1 N–H and O–H groups in total. The minimum Gasteiger partial charge on any atom is -0.358 e. The minimum atomic E-state index is -0.360. The third kappa shape index (κ3) is 5.00. The average molecular weight is 317 g/mol. The number of nitrogens with one attached hydrogen (secondary N) is 1. The fourth-order valence-corrected chi connectivity index (χ4v) is 1.87. The van der Waals surface area contributed by atoms with Crippen LogP contribution in [0.5, 0.6) is 0 Å². The largest absolute Gasteiger partial charge is 0.358 e. The number of benzene rings is 1. The number of nitrogens with zero attached hydrogens (tertiary/aromatic N) is 4. The summed E-state index contributed by atoms with van der Waals surface area (Å²) in [5.74, 6) is -0.0396. The van der Waals surface area contributed by atoms with Gasteiger partial charge in [-0.15, -0.1) is 0 Å². The maximum absolute atomic E-state index is 12.9. The molecule has 0 saturated heterocycles. The lowest BCUT2D eigenvalue weighted by Crippen LogP contribution is -2.29. The topological polar surface area (TPSA) is 61.4 Å². The quantitative estimate of drug-likeness (QED) is 0.881. The molecule has 1 aromatic heterocycles. The Labute approximate surface area is 135 Å². The van der Waals surface area contributed by atoms with Crippen molar-refractivity contribution in [1.82, 2.24) is 14.9 Å². The first-order valence-electron chi connectivity index (χ1n) is 7.20. The lowest BCUT2D eigenvalue weighted by atomic mass is 10.3. The van der Waals surface area contributed by atoms with E-state index in [-0.39, 0.29) is 17.4 Å². The van der Waals surface area contributed by atoms with E-state index in [1.807, 2.05) is 26.0 Å². The summed E-state index contributed by atoms with van der Waals surface area (Å²) in [5.41, 5.74) is 0.772. The molecule has 0 radical (unpaired) electrons. The zero-order valence-electron chi connectivity index (χ0n) is 13.5. The first-order valence-corrected chi connectivity index (χ1v) is 7.20. The van der Waals surface area contributed by atoms with Crippen LogP contribution in [0.1, 0.15) is 10.5 Å². The highest BCUT2D eigenvalue weighted by molar-refractivity contribution is 6.03. The zero-order chi connectivity index (χ0) is 16.8. The molecule has 2 rings (SSSR count). The van der Waals surface area contributed by atoms with Gasteiger partial charge >= 0.3 is 0 Å². The Hall–Kier alpha value is -2.54. The highest BCUT2D eigenvalue weighted by Crippen LogP contribution is 2.12. The molecule has 2 aromatic rings. The second-order valence-electron chi connectivity index (χ2n) is 5.45. The second kappa shape index (κ2) is 7.64. The van der Waals surface area contributed by atoms with Crippen molar-refractivity contribution < 1.29 is 9.18 Å². The van der Waals surface area contributed by atoms with Crippen molar-refractivity contribution in [1.29, 1.82) is 0 Å². The fraction of sp³-hybridized carbons (Fsp3) is 0.312. The van der Waals surface area contributed by atoms with Gasteiger partial charge in [0.05, 0.1) is 0 Å². The highest BCUT2D eigenvalue weighted by Gasteiger charge is 2.11. The van der Waals surface area contributed by atoms with Crippen molar-refractivity contribution in [3.63, 3.8) is 0 Å². The summed E-state index contributed by atoms with van der Waals surface area (Å²) < 4.78 is 12.9. The van der Waals surface area contributed by atoms with Crippen LogP contribution in [0.15, 0.2) is 36.7 Å². The van der Waals surface area contributed by atoms with Gasteiger partial charge in [-0.25, -0.2) is 14.4 Å². The SMILES string of the molecule is CN(C)CCN(C)c1cc(C(=O)Nc2ccc(F)cc2)ncn1. The molecule has 0 bridgehead atoms. The second-order valence-corrected chi connectivity index (χ2v) is 5.45. The summed E-state index contributed by atoms with van der Waals surface area (Å²) in [5, 5.41) is 2.68. The average Bonchev–Trinajstić information content (AvgIpc) is 2.54. The van der Waals surface area contributed by atoms with Crippen LogP contribution in [-0.2, 0) is 0 Å². The van der Waals surface area contributed by atoms with Crippen molar-refractivity contribution >= 4 is 17.4 Å². The summed E-state index contributed by atoms with van der Waals surface area (Å²) in [6.45, 7) is 1.65. The van der Waals surface area contributed by atoms with E-state index < -0.39 is 0 Å². The molecule has 1 amide bonds. The Bertz CT molecular complexity index is 660. The number of anilines is 2. The van der Waals surface area contributed by atoms with Crippen LogP contribution in [-0.4, -0.2) is 55.0 Å². The molecular weight excluding hydrogens is 297 g/mol. The third-order valence-corrected chi connectivity index (χ3v) is 3.26. The van der Waals surface area contributed by atoms with Gasteiger partial charge in [0.25, 0.3) is 5.91 Å². The summed E-state index contributed by atoms with van der Waals surface area (Å²) in [4.78, 5) is 24.4. The van der Waals surface area contributed by atoms with Crippen LogP contribution in [0.4, 0.5) is 15.9 Å². The van der Waals surface area contributed by atoms with E-state index in [0.717, 1.165) is 13.1 Å². The van der Waals surface area contributed by atoms with Gasteiger partial charge in [0.2, 0.25) is 0 Å². The first kappa shape index (κ1) is 16.8. The molecular formula is C16H20FN5O. The monoisotopic (exact) mass is 317 g/mol. The zero-order valence-corrected chi connectivity index (χ0v) is 13.5. The smallest absolute Gasteiger partial charge is 0.274 e. The summed E-state index contributed by atoms with van der Waals surface area (Å²) >= 11 is 0. The van der Waals surface area contributed by atoms with E-state index >= 15 is 0 Å². The molecule has 0 aliphatic carbocycles. The van der Waals surface area contributed by atoms with Gasteiger partial charge in [-0.2, -0.15) is 0 Å². The van der Waals surface area contributed by atoms with Crippen molar-refractivity contribution in [3.8, 4) is 0 Å². The molecule has 0 saturated carbocycles. The molecule has 122 valence electrons. The van der Waals surface area contributed by atoms with Crippen molar-refractivity contribution in [2.45, 2.75) is 0 Å². The number of likely N-dealkylation sites (N-methyl/N-ethyl adjacent to an activating group) is 2. The molecule has 23 heavy (non-hydrogen) atoms. The number of rotatable bonds is 6. The molecule has 0 fully saturated rings. The van der Waals surface area contributed by atoms with Gasteiger partial charge in [0.15, 0.2) is 0 Å². The van der Waals surface area contributed by atoms with E-state index in [9.17, 15) is 9.18 Å². The predicted octanol–water partition coefficient (Wildman–Crippen LogP) is 1.87. The maximum Gasteiger partial charge on any atom is 0.274 e. The Morgan fingerprint density at radius 2 is 1.83 bits per heavy atom. The van der Waals surface area contributed by atoms with Crippen molar-refractivity contribution in [2.24, 2.45) is 0 Å². The van der Waals surface area contributed by atoms with Gasteiger partial charge in [0.1, 0.15) is 23.7 Å². The van der Waals surface area contributed by atoms with Crippen molar-refractivity contribution in [2.75, 3.05) is 44.4 Å². The minimum absolute atomic E-state index is 0.260. The number of carbonyl (C=O) groups is 1. The molecule has 0 unspecified atom stereocenters. The fourth-order valence-electron chi connectivity index (χ4n) is 1.87. The standard InChI is InChI=1S/C16H20FN5O/c1-21(2)8-9-22(3)15-10-14(18-11-19-15)16(23)20-13-6-4-12(17)5-7-13/h4-7,10-11H,8-9H2,1-3H3,(H,20,23). The van der Waals surface area contributed by atoms with Gasteiger partial charge < -0.3 is 15.1 Å². The molecule has 0 aliphatic rings. The van der Waals surface area contributed by atoms with E-state index in [1.165, 1.54) is 30.6 Å². The van der Waals surface area contributed by atoms with Gasteiger partial charge in [-0.1, -0.05) is 0 Å². The van der Waals surface area contributed by atoms with Crippen LogP contribution in [0.3, 0.4) is 0 Å². The third-order valence-electron chi connectivity index (χ3n) is 3.26. The first-order chi connectivity index (χ1) is 11.0. The number of hydrogen-bond donors (Lipinski definition) is 1. The Balaban J connectivity index is 2.06. The molecule has 0 atom stereocenters. The lowest BCUT2D eigenvalue weighted by molar-refractivity contribution is 0.102. The van der Waals surface area contributed by atoms with E-state index in [1.54, 1.807) is 6.07 Å². The number of aromatic nitrogens is 2. The summed E-state index contributed by atoms with van der Waals surface area (Å²) in [6.07, 6.45) is 1.36. The molecule has 0 aliphatic heterocycles. The van der Waals surface area contributed by atoms with Gasteiger partial charge in [0, 0.05) is 31.9 Å². The maximum atomic E-state index is 12.9. The molecule has 0 spiro atoms. The molecule has 1 heterocycles. The predicted molar refractivity (Wildman–Crippen MR) is 88.2 cm³/mol. The Morgan fingerprint density at radius 1 is 1.13 bits per heavy atom. The van der Waals surface area contributed by atoms with Gasteiger partial charge in [-0.3, -0.25) is 4.79 Å².